The molecule has 0 amide bonds. The van der Waals surface area contributed by atoms with Crippen LogP contribution in [0.25, 0.3) is 38.2 Å². The van der Waals surface area contributed by atoms with E-state index < -0.39 is 18.5 Å². The molecule has 2 aromatic carbocycles. The Hall–Kier alpha value is -4.71. The van der Waals surface area contributed by atoms with Crippen LogP contribution in [0.2, 0.25) is 0 Å². The molecule has 0 bridgehead atoms. The lowest BCUT2D eigenvalue weighted by Crippen LogP contribution is -2.22. The van der Waals surface area contributed by atoms with Crippen LogP contribution in [0.3, 0.4) is 0 Å². The highest BCUT2D eigenvalue weighted by Gasteiger charge is 2.27. The highest BCUT2D eigenvalue weighted by atomic mass is 32.1. The van der Waals surface area contributed by atoms with E-state index in [-0.39, 0.29) is 17.1 Å². The molecule has 42 heavy (non-hydrogen) atoms. The van der Waals surface area contributed by atoms with Crippen molar-refractivity contribution in [3.05, 3.63) is 93.2 Å². The summed E-state index contributed by atoms with van der Waals surface area (Å²) in [6.45, 7) is 2.51. The number of hydrogen-bond donors (Lipinski definition) is 1. The van der Waals surface area contributed by atoms with E-state index in [0.29, 0.717) is 51.0 Å². The summed E-state index contributed by atoms with van der Waals surface area (Å²) < 4.78 is 48.1. The van der Waals surface area contributed by atoms with Crippen LogP contribution in [0.5, 0.6) is 5.75 Å². The molecule has 0 aliphatic carbocycles. The molecular formula is C30H25F3N6O2S. The van der Waals surface area contributed by atoms with Gasteiger partial charge in [-0.3, -0.25) is 9.20 Å². The van der Waals surface area contributed by atoms with Crippen molar-refractivity contribution in [2.45, 2.75) is 39.8 Å². The van der Waals surface area contributed by atoms with Crippen LogP contribution < -0.4 is 16.0 Å². The first-order chi connectivity index (χ1) is 20.2. The summed E-state index contributed by atoms with van der Waals surface area (Å²) in [6.07, 6.45) is 1.84. The monoisotopic (exact) mass is 590 g/mol. The zero-order valence-corrected chi connectivity index (χ0v) is 23.6. The van der Waals surface area contributed by atoms with E-state index in [1.54, 1.807) is 40.3 Å². The Labute approximate surface area is 241 Å². The first-order valence-corrected chi connectivity index (χ1v) is 14.0. The number of anilines is 1. The molecule has 0 aliphatic rings. The van der Waals surface area contributed by atoms with Crippen LogP contribution in [-0.4, -0.2) is 30.8 Å². The topological polar surface area (TPSA) is 100 Å². The predicted octanol–water partition coefficient (Wildman–Crippen LogP) is 6.77. The predicted molar refractivity (Wildman–Crippen MR) is 157 cm³/mol. The van der Waals surface area contributed by atoms with Gasteiger partial charge in [0, 0.05) is 16.6 Å². The van der Waals surface area contributed by atoms with E-state index in [1.807, 2.05) is 25.3 Å². The summed E-state index contributed by atoms with van der Waals surface area (Å²) in [6, 6.07) is 12.2. The number of pyridine rings is 1. The molecule has 0 aliphatic heterocycles. The Morgan fingerprint density at radius 2 is 1.88 bits per heavy atom. The van der Waals surface area contributed by atoms with Gasteiger partial charge in [-0.2, -0.15) is 13.9 Å². The summed E-state index contributed by atoms with van der Waals surface area (Å²) in [5.41, 5.74) is 10.3. The average Bonchev–Trinajstić information content (AvgIpc) is 3.52. The highest BCUT2D eigenvalue weighted by Crippen LogP contribution is 2.38. The number of halogens is 3. The minimum Gasteiger partial charge on any atom is -0.435 e. The number of alkyl halides is 2. The average molecular weight is 591 g/mol. The molecule has 0 spiro atoms. The fourth-order valence-electron chi connectivity index (χ4n) is 5.39. The van der Waals surface area contributed by atoms with Gasteiger partial charge in [-0.1, -0.05) is 19.1 Å². The largest absolute Gasteiger partial charge is 0.435 e. The minimum atomic E-state index is -2.95. The molecule has 6 rings (SSSR count). The van der Waals surface area contributed by atoms with Gasteiger partial charge in [0.1, 0.15) is 34.2 Å². The third kappa shape index (κ3) is 4.57. The van der Waals surface area contributed by atoms with Crippen LogP contribution in [0.1, 0.15) is 36.2 Å². The van der Waals surface area contributed by atoms with Gasteiger partial charge in [-0.05, 0) is 73.4 Å². The van der Waals surface area contributed by atoms with Crippen molar-refractivity contribution in [3.8, 4) is 28.1 Å². The van der Waals surface area contributed by atoms with Crippen LogP contribution in [-0.2, 0) is 0 Å². The van der Waals surface area contributed by atoms with E-state index in [0.717, 1.165) is 10.5 Å². The molecule has 0 radical (unpaired) electrons. The van der Waals surface area contributed by atoms with Crippen molar-refractivity contribution in [2.75, 3.05) is 5.73 Å². The molecule has 0 unspecified atom stereocenters. The normalized spacial score (nSPS) is 12.5. The van der Waals surface area contributed by atoms with Crippen LogP contribution in [0.15, 0.2) is 65.0 Å². The molecule has 6 aromatic rings. The van der Waals surface area contributed by atoms with Crippen molar-refractivity contribution < 1.29 is 17.9 Å². The molecule has 214 valence electrons. The number of nitrogens with zero attached hydrogens (tertiary/aromatic N) is 5. The number of nitrogens with two attached hydrogens (primary N) is 1. The van der Waals surface area contributed by atoms with Gasteiger partial charge in [0.15, 0.2) is 5.65 Å². The maximum absolute atomic E-state index is 14.4. The summed E-state index contributed by atoms with van der Waals surface area (Å²) in [7, 11) is 0. The maximum Gasteiger partial charge on any atom is 0.387 e. The third-order valence-corrected chi connectivity index (χ3v) is 8.25. The lowest BCUT2D eigenvalue weighted by molar-refractivity contribution is -0.0502. The molecule has 1 atom stereocenters. The van der Waals surface area contributed by atoms with E-state index in [4.69, 9.17) is 10.8 Å². The molecule has 0 saturated heterocycles. The SMILES string of the molecule is CC[C@@H](c1cc2scc(C)n2c(=O)c1-c1cccc(F)c1)n1nc(-c2ccc(OC(F)F)c(C)c2)c2c(N)ncnc21. The zero-order chi connectivity index (χ0) is 29.7. The molecule has 8 nitrogen and oxygen atoms in total. The van der Waals surface area contributed by atoms with Crippen molar-refractivity contribution >= 4 is 33.0 Å². The fraction of sp³-hybridized carbons (Fsp3) is 0.200. The van der Waals surface area contributed by atoms with Crippen molar-refractivity contribution in [3.63, 3.8) is 0 Å². The number of rotatable bonds is 7. The lowest BCUT2D eigenvalue weighted by atomic mass is 9.95. The molecule has 2 N–H and O–H groups in total. The number of fused-ring (bicyclic) bond motifs is 2. The Kier molecular flexibility index (Phi) is 6.93. The summed E-state index contributed by atoms with van der Waals surface area (Å²) in [5, 5.41) is 7.31. The molecule has 12 heteroatoms. The van der Waals surface area contributed by atoms with Crippen LogP contribution >= 0.6 is 11.3 Å². The summed E-state index contributed by atoms with van der Waals surface area (Å²) in [4.78, 5) is 23.4. The Bertz CT molecular complexity index is 2030. The zero-order valence-electron chi connectivity index (χ0n) is 22.8. The van der Waals surface area contributed by atoms with Gasteiger partial charge in [0.25, 0.3) is 5.56 Å². The van der Waals surface area contributed by atoms with E-state index >= 15 is 0 Å². The van der Waals surface area contributed by atoms with Crippen LogP contribution in [0.4, 0.5) is 19.0 Å². The van der Waals surface area contributed by atoms with Gasteiger partial charge in [-0.15, -0.1) is 11.3 Å². The second-order valence-corrected chi connectivity index (χ2v) is 10.8. The molecule has 4 aromatic heterocycles. The van der Waals surface area contributed by atoms with Gasteiger partial charge in [0.2, 0.25) is 0 Å². The standard InChI is InChI=1S/C30H25F3N6O2S/c1-4-21(20-12-23-38(16(3)13-42-23)29(40)24(20)17-6-5-7-19(31)11-17)39-28-25(27(34)35-14-36-28)26(37-39)18-8-9-22(15(2)10-18)41-30(32)33/h5-14,21,30H,4H2,1-3H3,(H2,34,35,36)/t21-/m0/s1. The van der Waals surface area contributed by atoms with E-state index in [2.05, 4.69) is 14.7 Å². The highest BCUT2D eigenvalue weighted by molar-refractivity contribution is 7.15. The minimum absolute atomic E-state index is 0.0490. The van der Waals surface area contributed by atoms with E-state index in [9.17, 15) is 18.0 Å². The Balaban J connectivity index is 1.61. The summed E-state index contributed by atoms with van der Waals surface area (Å²) >= 11 is 1.44. The second kappa shape index (κ2) is 10.6. The summed E-state index contributed by atoms with van der Waals surface area (Å²) in [5.74, 6) is -0.218. The van der Waals surface area contributed by atoms with Crippen molar-refractivity contribution in [1.82, 2.24) is 24.1 Å². The quantitative estimate of drug-likeness (QED) is 0.220. The first-order valence-electron chi connectivity index (χ1n) is 13.1. The number of ether oxygens (including phenoxy) is 1. The van der Waals surface area contributed by atoms with Gasteiger partial charge >= 0.3 is 6.61 Å². The van der Waals surface area contributed by atoms with Crippen LogP contribution in [0, 0.1) is 19.7 Å². The molecule has 4 heterocycles. The van der Waals surface area contributed by atoms with Gasteiger partial charge in [-0.25, -0.2) is 19.0 Å². The maximum atomic E-state index is 14.4. The molecule has 0 saturated carbocycles. The third-order valence-electron chi connectivity index (χ3n) is 7.24. The van der Waals surface area contributed by atoms with Gasteiger partial charge < -0.3 is 10.5 Å². The Morgan fingerprint density at radius 3 is 2.60 bits per heavy atom. The number of nitrogen functional groups attached to an aromatic ring is 1. The van der Waals surface area contributed by atoms with Gasteiger partial charge in [0.05, 0.1) is 17.0 Å². The second-order valence-electron chi connectivity index (χ2n) is 9.87. The number of benzene rings is 2. The lowest BCUT2D eigenvalue weighted by Gasteiger charge is -2.21. The molecule has 0 fully saturated rings. The van der Waals surface area contributed by atoms with Crippen molar-refractivity contribution in [2.24, 2.45) is 0 Å². The smallest absolute Gasteiger partial charge is 0.387 e. The van der Waals surface area contributed by atoms with E-state index in [1.165, 1.54) is 35.9 Å². The van der Waals surface area contributed by atoms with Crippen molar-refractivity contribution in [1.29, 1.82) is 0 Å². The molecular weight excluding hydrogens is 565 g/mol. The number of aromatic nitrogens is 5. The Morgan fingerprint density at radius 1 is 1.07 bits per heavy atom. The number of aryl methyl sites for hydroxylation is 2. The first kappa shape index (κ1) is 27.5. The fourth-order valence-corrected chi connectivity index (χ4v) is 6.31. The number of thiazole rings is 1. The number of hydrogen-bond acceptors (Lipinski definition) is 7.